The van der Waals surface area contributed by atoms with Gasteiger partial charge in [-0.05, 0) is 5.41 Å². The Morgan fingerprint density at radius 2 is 1.42 bits per heavy atom. The van der Waals surface area contributed by atoms with Crippen molar-refractivity contribution >= 4 is 7.32 Å². The van der Waals surface area contributed by atoms with E-state index >= 15 is 0 Å². The van der Waals surface area contributed by atoms with Gasteiger partial charge in [0.25, 0.3) is 0 Å². The van der Waals surface area contributed by atoms with Crippen LogP contribution in [0.5, 0.6) is 0 Å². The van der Waals surface area contributed by atoms with Crippen molar-refractivity contribution in [1.29, 1.82) is 0 Å². The van der Waals surface area contributed by atoms with E-state index in [9.17, 15) is 0 Å². The molecule has 4 heteroatoms. The standard InChI is InChI=1S/C8H15BO3/c1-7(2,3)8-4-10-9(11-5-8)12-6-8/h4-6H2,1-3H3. The molecule has 0 radical (unpaired) electrons. The lowest BCUT2D eigenvalue weighted by Gasteiger charge is -2.51. The van der Waals surface area contributed by atoms with Gasteiger partial charge in [0.2, 0.25) is 0 Å². The third-order valence-electron chi connectivity index (χ3n) is 3.08. The third-order valence-corrected chi connectivity index (χ3v) is 3.08. The van der Waals surface area contributed by atoms with Crippen LogP contribution < -0.4 is 0 Å². The first-order chi connectivity index (χ1) is 5.54. The van der Waals surface area contributed by atoms with Crippen molar-refractivity contribution in [3.05, 3.63) is 0 Å². The number of fused-ring (bicyclic) bond motifs is 3. The molecule has 68 valence electrons. The second-order valence-corrected chi connectivity index (χ2v) is 4.75. The van der Waals surface area contributed by atoms with Crippen molar-refractivity contribution in [1.82, 2.24) is 0 Å². The summed E-state index contributed by atoms with van der Waals surface area (Å²) < 4.78 is 16.1. The summed E-state index contributed by atoms with van der Waals surface area (Å²) in [6, 6.07) is 0. The fourth-order valence-corrected chi connectivity index (χ4v) is 1.60. The average Bonchev–Trinajstić information content (AvgIpc) is 2.06. The van der Waals surface area contributed by atoms with E-state index < -0.39 is 7.32 Å². The largest absolute Gasteiger partial charge is 0.639 e. The normalized spacial score (nSPS) is 27.8. The molecular formula is C8H15BO3. The molecule has 0 saturated carbocycles. The van der Waals surface area contributed by atoms with Crippen molar-refractivity contribution < 1.29 is 14.0 Å². The predicted molar refractivity (Wildman–Crippen MR) is 45.5 cm³/mol. The zero-order chi connectivity index (χ0) is 8.82. The molecule has 3 fully saturated rings. The maximum atomic E-state index is 5.36. The minimum Gasteiger partial charge on any atom is -0.385 e. The first kappa shape index (κ1) is 8.54. The smallest absolute Gasteiger partial charge is 0.385 e. The molecule has 3 aliphatic heterocycles. The lowest BCUT2D eigenvalue weighted by atomic mass is 9.66. The highest BCUT2D eigenvalue weighted by atomic mass is 16.8. The van der Waals surface area contributed by atoms with Crippen molar-refractivity contribution in [2.75, 3.05) is 19.8 Å². The van der Waals surface area contributed by atoms with E-state index in [0.717, 1.165) is 19.8 Å². The maximum absolute atomic E-state index is 5.36. The highest BCUT2D eigenvalue weighted by Crippen LogP contribution is 2.44. The zero-order valence-corrected chi connectivity index (χ0v) is 7.92. The summed E-state index contributed by atoms with van der Waals surface area (Å²) in [5, 5.41) is 0. The Morgan fingerprint density at radius 1 is 1.00 bits per heavy atom. The average molecular weight is 170 g/mol. The summed E-state index contributed by atoms with van der Waals surface area (Å²) in [4.78, 5) is 0. The van der Waals surface area contributed by atoms with Crippen LogP contribution in [0.2, 0.25) is 0 Å². The van der Waals surface area contributed by atoms with Gasteiger partial charge in [0.15, 0.2) is 0 Å². The third kappa shape index (κ3) is 1.10. The van der Waals surface area contributed by atoms with Gasteiger partial charge in [-0.2, -0.15) is 0 Å². The molecule has 0 aromatic rings. The summed E-state index contributed by atoms with van der Waals surface area (Å²) in [5.41, 5.74) is 0.236. The van der Waals surface area contributed by atoms with E-state index in [1.165, 1.54) is 0 Å². The van der Waals surface area contributed by atoms with Crippen LogP contribution in [0.3, 0.4) is 0 Å². The molecule has 0 N–H and O–H groups in total. The monoisotopic (exact) mass is 170 g/mol. The van der Waals surface area contributed by atoms with E-state index in [1.807, 2.05) is 0 Å². The number of rotatable bonds is 0. The summed E-state index contributed by atoms with van der Waals surface area (Å²) in [6.07, 6.45) is 0. The van der Waals surface area contributed by atoms with Gasteiger partial charge in [0.1, 0.15) is 0 Å². The van der Waals surface area contributed by atoms with Gasteiger partial charge in [0.05, 0.1) is 0 Å². The molecule has 0 unspecified atom stereocenters. The first-order valence-electron chi connectivity index (χ1n) is 4.38. The van der Waals surface area contributed by atoms with Gasteiger partial charge >= 0.3 is 7.32 Å². The first-order valence-corrected chi connectivity index (χ1v) is 4.38. The minimum atomic E-state index is -0.394. The SMILES string of the molecule is CC(C)(C)C12COB(OC1)OC2. The summed E-state index contributed by atoms with van der Waals surface area (Å²) in [7, 11) is -0.394. The van der Waals surface area contributed by atoms with Crippen LogP contribution in [0, 0.1) is 10.8 Å². The summed E-state index contributed by atoms with van der Waals surface area (Å²) >= 11 is 0. The lowest BCUT2D eigenvalue weighted by Crippen LogP contribution is -2.60. The Kier molecular flexibility index (Phi) is 1.76. The van der Waals surface area contributed by atoms with E-state index in [1.54, 1.807) is 0 Å². The van der Waals surface area contributed by atoms with Crippen molar-refractivity contribution in [3.8, 4) is 0 Å². The van der Waals surface area contributed by atoms with Crippen LogP contribution >= 0.6 is 0 Å². The van der Waals surface area contributed by atoms with Gasteiger partial charge in [-0.15, -0.1) is 0 Å². The van der Waals surface area contributed by atoms with E-state index in [4.69, 9.17) is 14.0 Å². The Bertz CT molecular complexity index is 165. The van der Waals surface area contributed by atoms with Crippen LogP contribution in [-0.2, 0) is 14.0 Å². The quantitative estimate of drug-likeness (QED) is 0.509. The molecule has 0 aliphatic carbocycles. The van der Waals surface area contributed by atoms with Gasteiger partial charge in [-0.3, -0.25) is 0 Å². The van der Waals surface area contributed by atoms with Crippen molar-refractivity contribution in [3.63, 3.8) is 0 Å². The summed E-state index contributed by atoms with van der Waals surface area (Å²) in [6.45, 7) is 8.90. The fourth-order valence-electron chi connectivity index (χ4n) is 1.60. The molecule has 0 atom stereocenters. The van der Waals surface area contributed by atoms with Gasteiger partial charge < -0.3 is 14.0 Å². The minimum absolute atomic E-state index is 0.0573. The Balaban J connectivity index is 2.19. The Labute approximate surface area is 73.6 Å². The second-order valence-electron chi connectivity index (χ2n) is 4.75. The molecule has 3 saturated heterocycles. The molecule has 0 aromatic heterocycles. The Morgan fingerprint density at radius 3 is 1.67 bits per heavy atom. The molecule has 3 heterocycles. The molecule has 3 rings (SSSR count). The fraction of sp³-hybridized carbons (Fsp3) is 1.00. The highest BCUT2D eigenvalue weighted by Gasteiger charge is 2.53. The Hall–Kier alpha value is -0.0551. The predicted octanol–water partition coefficient (Wildman–Crippen LogP) is 1.08. The second kappa shape index (κ2) is 2.47. The van der Waals surface area contributed by atoms with Crippen LogP contribution in [0.4, 0.5) is 0 Å². The summed E-state index contributed by atoms with van der Waals surface area (Å²) in [5.74, 6) is 0. The van der Waals surface area contributed by atoms with Crippen LogP contribution in [0.25, 0.3) is 0 Å². The van der Waals surface area contributed by atoms with E-state index in [2.05, 4.69) is 20.8 Å². The van der Waals surface area contributed by atoms with Gasteiger partial charge in [-0.25, -0.2) is 0 Å². The van der Waals surface area contributed by atoms with Crippen LogP contribution in [0.15, 0.2) is 0 Å². The molecule has 3 nitrogen and oxygen atoms in total. The molecule has 0 aromatic carbocycles. The molecule has 12 heavy (non-hydrogen) atoms. The number of hydrogen-bond donors (Lipinski definition) is 0. The molecule has 2 bridgehead atoms. The van der Waals surface area contributed by atoms with E-state index in [0.29, 0.717) is 0 Å². The molecule has 0 amide bonds. The molecule has 3 aliphatic rings. The van der Waals surface area contributed by atoms with Crippen LogP contribution in [0.1, 0.15) is 20.8 Å². The van der Waals surface area contributed by atoms with Crippen molar-refractivity contribution in [2.24, 2.45) is 10.8 Å². The molecular weight excluding hydrogens is 155 g/mol. The number of hydrogen-bond acceptors (Lipinski definition) is 3. The van der Waals surface area contributed by atoms with E-state index in [-0.39, 0.29) is 10.8 Å². The van der Waals surface area contributed by atoms with Crippen molar-refractivity contribution in [2.45, 2.75) is 20.8 Å². The topological polar surface area (TPSA) is 27.7 Å². The van der Waals surface area contributed by atoms with Gasteiger partial charge in [0, 0.05) is 25.2 Å². The van der Waals surface area contributed by atoms with Gasteiger partial charge in [-0.1, -0.05) is 20.8 Å². The highest BCUT2D eigenvalue weighted by molar-refractivity contribution is 6.36. The van der Waals surface area contributed by atoms with Crippen LogP contribution in [-0.4, -0.2) is 27.1 Å². The maximum Gasteiger partial charge on any atom is 0.639 e. The zero-order valence-electron chi connectivity index (χ0n) is 7.92. The lowest BCUT2D eigenvalue weighted by molar-refractivity contribution is -0.161. The molecule has 0 spiro atoms.